The predicted octanol–water partition coefficient (Wildman–Crippen LogP) is 5.97. The lowest BCUT2D eigenvalue weighted by atomic mass is 10.2. The van der Waals surface area contributed by atoms with E-state index in [1.165, 1.54) is 29.7 Å². The maximum absolute atomic E-state index is 14.8. The van der Waals surface area contributed by atoms with Crippen LogP contribution < -0.4 is 20.1 Å². The molecule has 0 unspecified atom stereocenters. The van der Waals surface area contributed by atoms with Gasteiger partial charge in [0.1, 0.15) is 10.6 Å². The fourth-order valence-corrected chi connectivity index (χ4v) is 4.70. The van der Waals surface area contributed by atoms with E-state index in [1.54, 1.807) is 36.5 Å². The molecule has 0 saturated heterocycles. The average Bonchev–Trinajstić information content (AvgIpc) is 3.31. The number of amides is 1. The highest BCUT2D eigenvalue weighted by molar-refractivity contribution is 7.22. The number of para-hydroxylation sites is 1. The van der Waals surface area contributed by atoms with Crippen molar-refractivity contribution in [2.75, 3.05) is 17.2 Å². The van der Waals surface area contributed by atoms with Crippen LogP contribution in [0.4, 0.5) is 15.8 Å². The fraction of sp³-hybridized carbons (Fsp3) is 0.0741. The number of hydrogen-bond acceptors (Lipinski definition) is 6. The number of anilines is 2. The topological polar surface area (TPSA) is 90.2 Å². The third-order valence-electron chi connectivity index (χ3n) is 5.34. The molecule has 0 aliphatic rings. The number of carbonyl (C=O) groups is 1. The number of nitrogens with zero attached hydrogens (tertiary/aromatic N) is 2. The second-order valence-electron chi connectivity index (χ2n) is 7.88. The number of aromatic nitrogens is 2. The second kappa shape index (κ2) is 10.4. The molecule has 0 atom stereocenters. The molecule has 0 saturated carbocycles. The highest BCUT2D eigenvalue weighted by Gasteiger charge is 2.16. The van der Waals surface area contributed by atoms with E-state index in [0.717, 1.165) is 15.3 Å². The van der Waals surface area contributed by atoms with E-state index >= 15 is 0 Å². The Kier molecular flexibility index (Phi) is 6.72. The zero-order chi connectivity index (χ0) is 24.9. The van der Waals surface area contributed by atoms with Crippen LogP contribution in [-0.2, 0) is 4.79 Å². The molecule has 0 spiro atoms. The Labute approximate surface area is 210 Å². The van der Waals surface area contributed by atoms with E-state index in [2.05, 4.69) is 15.6 Å². The molecule has 0 aliphatic carbocycles. The summed E-state index contributed by atoms with van der Waals surface area (Å²) in [4.78, 5) is 17.2. The lowest BCUT2D eigenvalue weighted by Crippen LogP contribution is -2.27. The molecule has 0 bridgehead atoms. The van der Waals surface area contributed by atoms with E-state index in [4.69, 9.17) is 4.74 Å². The monoisotopic (exact) mass is 500 g/mol. The van der Waals surface area contributed by atoms with E-state index < -0.39 is 5.82 Å². The number of pyridine rings is 2. The van der Waals surface area contributed by atoms with Gasteiger partial charge in [-0.25, -0.2) is 4.39 Å². The Bertz CT molecular complexity index is 1520. The molecule has 5 aromatic rings. The van der Waals surface area contributed by atoms with Crippen LogP contribution in [-0.4, -0.2) is 17.4 Å². The molecular formula is C27H21FN4O3S. The normalized spacial score (nSPS) is 10.8. The van der Waals surface area contributed by atoms with Crippen molar-refractivity contribution in [1.29, 1.82) is 0 Å². The van der Waals surface area contributed by atoms with Gasteiger partial charge in [0.2, 0.25) is 11.6 Å². The van der Waals surface area contributed by atoms with Crippen molar-refractivity contribution in [1.82, 2.24) is 4.98 Å². The van der Waals surface area contributed by atoms with E-state index in [1.807, 2.05) is 36.4 Å². The molecule has 2 N–H and O–H groups in total. The van der Waals surface area contributed by atoms with Gasteiger partial charge in [0.15, 0.2) is 17.8 Å². The van der Waals surface area contributed by atoms with Crippen LogP contribution in [0.5, 0.6) is 11.5 Å². The van der Waals surface area contributed by atoms with Crippen LogP contribution in [0, 0.1) is 11.0 Å². The summed E-state index contributed by atoms with van der Waals surface area (Å²) in [6.07, 6.45) is 3.25. The van der Waals surface area contributed by atoms with Crippen LogP contribution in [0.3, 0.4) is 0 Å². The minimum absolute atomic E-state index is 0.0587. The van der Waals surface area contributed by atoms with Crippen molar-refractivity contribution in [3.8, 4) is 22.1 Å². The summed E-state index contributed by atoms with van der Waals surface area (Å²) in [6, 6.07) is 22.4. The summed E-state index contributed by atoms with van der Waals surface area (Å²) < 4.78 is 22.2. The lowest BCUT2D eigenvalue weighted by molar-refractivity contribution is -0.593. The molecule has 3 heterocycles. The van der Waals surface area contributed by atoms with Gasteiger partial charge in [-0.3, -0.25) is 9.78 Å². The number of carbonyl (C=O) groups excluding carboxylic acids is 1. The minimum atomic E-state index is -0.545. The molecule has 7 nitrogen and oxygen atoms in total. The molecule has 3 aromatic heterocycles. The van der Waals surface area contributed by atoms with Crippen molar-refractivity contribution in [3.63, 3.8) is 0 Å². The van der Waals surface area contributed by atoms with Gasteiger partial charge < -0.3 is 20.6 Å². The van der Waals surface area contributed by atoms with Crippen LogP contribution in [0.2, 0.25) is 0 Å². The zero-order valence-electron chi connectivity index (χ0n) is 19.0. The Morgan fingerprint density at radius 3 is 2.64 bits per heavy atom. The van der Waals surface area contributed by atoms with Gasteiger partial charge in [0.05, 0.1) is 10.2 Å². The Morgan fingerprint density at radius 1 is 1.00 bits per heavy atom. The van der Waals surface area contributed by atoms with Gasteiger partial charge in [0, 0.05) is 54.8 Å². The van der Waals surface area contributed by atoms with Gasteiger partial charge in [-0.1, -0.05) is 18.2 Å². The summed E-state index contributed by atoms with van der Waals surface area (Å²) in [5.41, 5.74) is 2.43. The van der Waals surface area contributed by atoms with Gasteiger partial charge in [0.25, 0.3) is 0 Å². The number of nitrogens with one attached hydrogen (secondary N) is 2. The first kappa shape index (κ1) is 23.3. The van der Waals surface area contributed by atoms with Crippen molar-refractivity contribution < 1.29 is 18.7 Å². The van der Waals surface area contributed by atoms with Crippen molar-refractivity contribution in [3.05, 3.63) is 102 Å². The Hall–Kier alpha value is -4.50. The summed E-state index contributed by atoms with van der Waals surface area (Å²) in [5.74, 6) is -0.176. The number of fused-ring (bicyclic) bond motifs is 1. The molecule has 9 heteroatoms. The van der Waals surface area contributed by atoms with Crippen LogP contribution in [0.15, 0.2) is 91.3 Å². The van der Waals surface area contributed by atoms with Gasteiger partial charge in [-0.05, 0) is 36.4 Å². The van der Waals surface area contributed by atoms with Gasteiger partial charge in [-0.2, -0.15) is 4.73 Å². The van der Waals surface area contributed by atoms with Crippen molar-refractivity contribution in [2.24, 2.45) is 0 Å². The van der Waals surface area contributed by atoms with Gasteiger partial charge >= 0.3 is 0 Å². The largest absolute Gasteiger partial charge is 0.618 e. The lowest BCUT2D eigenvalue weighted by Gasteiger charge is -2.11. The maximum Gasteiger partial charge on any atom is 0.233 e. The first-order valence-corrected chi connectivity index (χ1v) is 12.0. The highest BCUT2D eigenvalue weighted by atomic mass is 32.1. The fourth-order valence-electron chi connectivity index (χ4n) is 3.62. The molecule has 0 fully saturated rings. The average molecular weight is 501 g/mol. The van der Waals surface area contributed by atoms with Crippen molar-refractivity contribution >= 4 is 38.8 Å². The maximum atomic E-state index is 14.8. The van der Waals surface area contributed by atoms with Crippen LogP contribution in [0.25, 0.3) is 20.8 Å². The van der Waals surface area contributed by atoms with E-state index in [-0.39, 0.29) is 18.1 Å². The van der Waals surface area contributed by atoms with Gasteiger partial charge in [-0.15, -0.1) is 11.3 Å². The molecule has 1 amide bonds. The second-order valence-corrected chi connectivity index (χ2v) is 8.94. The van der Waals surface area contributed by atoms with E-state index in [9.17, 15) is 14.4 Å². The number of benzene rings is 2. The number of thiophene rings is 1. The molecule has 0 aliphatic heterocycles. The first-order chi connectivity index (χ1) is 17.6. The number of ether oxygens (including phenoxy) is 1. The molecule has 0 radical (unpaired) electrons. The van der Waals surface area contributed by atoms with Crippen molar-refractivity contribution in [2.45, 2.75) is 6.42 Å². The standard InChI is InChI=1S/C27H21FN4O3S/c28-20-16-19(29-14-12-26(33)31-18-6-2-1-3-7-18)9-10-23(20)35-24-11-13-30-21-17-25(36-27(21)24)22-8-4-5-15-32(22)34/h1-11,13,15-17,29H,12,14H2,(H,31,33). The van der Waals surface area contributed by atoms with Crippen LogP contribution >= 0.6 is 11.3 Å². The quantitative estimate of drug-likeness (QED) is 0.202. The first-order valence-electron chi connectivity index (χ1n) is 11.2. The molecule has 2 aromatic carbocycles. The third-order valence-corrected chi connectivity index (χ3v) is 6.50. The summed E-state index contributed by atoms with van der Waals surface area (Å²) in [5, 5.41) is 18.0. The Morgan fingerprint density at radius 2 is 1.83 bits per heavy atom. The van der Waals surface area contributed by atoms with Crippen LogP contribution in [0.1, 0.15) is 6.42 Å². The number of rotatable bonds is 8. The minimum Gasteiger partial charge on any atom is -0.618 e. The summed E-state index contributed by atoms with van der Waals surface area (Å²) >= 11 is 1.35. The zero-order valence-corrected chi connectivity index (χ0v) is 19.8. The molecule has 180 valence electrons. The Balaban J connectivity index is 1.25. The molecule has 36 heavy (non-hydrogen) atoms. The third kappa shape index (κ3) is 5.26. The SMILES string of the molecule is O=C(CCNc1ccc(Oc2ccnc3cc(-c4cccc[n+]4[O-])sc23)c(F)c1)Nc1ccccc1. The number of halogens is 1. The smallest absolute Gasteiger partial charge is 0.233 e. The summed E-state index contributed by atoms with van der Waals surface area (Å²) in [6.45, 7) is 0.348. The highest BCUT2D eigenvalue weighted by Crippen LogP contribution is 2.39. The number of hydrogen-bond donors (Lipinski definition) is 2. The molecule has 5 rings (SSSR count). The molecular weight excluding hydrogens is 479 g/mol. The van der Waals surface area contributed by atoms with E-state index in [0.29, 0.717) is 33.9 Å². The summed E-state index contributed by atoms with van der Waals surface area (Å²) in [7, 11) is 0. The predicted molar refractivity (Wildman–Crippen MR) is 139 cm³/mol.